The van der Waals surface area contributed by atoms with Crippen LogP contribution in [0.2, 0.25) is 0 Å². The summed E-state index contributed by atoms with van der Waals surface area (Å²) in [6.45, 7) is 2.46. The van der Waals surface area contributed by atoms with Crippen LogP contribution in [-0.4, -0.2) is 37.5 Å². The number of carbonyl (C=O) groups excluding carboxylic acids is 2. The summed E-state index contributed by atoms with van der Waals surface area (Å²) in [6, 6.07) is 9.40. The highest BCUT2D eigenvalue weighted by Crippen LogP contribution is 2.03. The third-order valence-electron chi connectivity index (χ3n) is 3.61. The second-order valence-corrected chi connectivity index (χ2v) is 5.32. The molecule has 0 atom stereocenters. The van der Waals surface area contributed by atoms with Crippen molar-refractivity contribution in [1.29, 1.82) is 0 Å². The third-order valence-corrected chi connectivity index (χ3v) is 3.61. The number of nitrogens with one attached hydrogen (secondary N) is 3. The molecule has 1 aromatic rings. The molecule has 0 aromatic heterocycles. The summed E-state index contributed by atoms with van der Waals surface area (Å²) >= 11 is 0. The maximum Gasteiger partial charge on any atom is 0.251 e. The Balaban J connectivity index is 0.00000242. The monoisotopic (exact) mass is 325 g/mol. The van der Waals surface area contributed by atoms with E-state index in [4.69, 9.17) is 0 Å². The van der Waals surface area contributed by atoms with Gasteiger partial charge < -0.3 is 16.0 Å². The van der Waals surface area contributed by atoms with Gasteiger partial charge in [0.2, 0.25) is 5.91 Å². The molecular formula is C16H24ClN3O2. The Morgan fingerprint density at radius 3 is 2.50 bits per heavy atom. The standard InChI is InChI=1S/C16H23N3O2.ClH/c20-15(19-14-8-11-17-12-9-14)7-4-10-18-16(21)13-5-2-1-3-6-13;/h1-3,5-6,14,17H,4,7-12H2,(H,18,21)(H,19,20);1H. The van der Waals surface area contributed by atoms with Crippen LogP contribution in [-0.2, 0) is 4.79 Å². The van der Waals surface area contributed by atoms with Gasteiger partial charge in [-0.3, -0.25) is 9.59 Å². The quantitative estimate of drug-likeness (QED) is 0.694. The van der Waals surface area contributed by atoms with Gasteiger partial charge in [-0.25, -0.2) is 0 Å². The zero-order chi connectivity index (χ0) is 14.9. The van der Waals surface area contributed by atoms with Gasteiger partial charge in [0.15, 0.2) is 0 Å². The summed E-state index contributed by atoms with van der Waals surface area (Å²) in [7, 11) is 0. The molecule has 2 rings (SSSR count). The first-order valence-electron chi connectivity index (χ1n) is 7.59. The van der Waals surface area contributed by atoms with Crippen molar-refractivity contribution in [2.75, 3.05) is 19.6 Å². The maximum atomic E-state index is 11.8. The van der Waals surface area contributed by atoms with E-state index in [0.29, 0.717) is 31.0 Å². The molecule has 0 unspecified atom stereocenters. The van der Waals surface area contributed by atoms with E-state index in [2.05, 4.69) is 16.0 Å². The fourth-order valence-corrected chi connectivity index (χ4v) is 2.41. The summed E-state index contributed by atoms with van der Waals surface area (Å²) < 4.78 is 0. The molecule has 2 amide bonds. The fourth-order valence-electron chi connectivity index (χ4n) is 2.41. The van der Waals surface area contributed by atoms with Crippen LogP contribution in [0.15, 0.2) is 30.3 Å². The van der Waals surface area contributed by atoms with Crippen LogP contribution >= 0.6 is 12.4 Å². The smallest absolute Gasteiger partial charge is 0.251 e. The zero-order valence-corrected chi connectivity index (χ0v) is 13.5. The van der Waals surface area contributed by atoms with Gasteiger partial charge in [-0.15, -0.1) is 12.4 Å². The molecule has 22 heavy (non-hydrogen) atoms. The van der Waals surface area contributed by atoms with Crippen molar-refractivity contribution in [2.24, 2.45) is 0 Å². The first-order chi connectivity index (χ1) is 10.3. The summed E-state index contributed by atoms with van der Waals surface area (Å²) in [4.78, 5) is 23.6. The van der Waals surface area contributed by atoms with Gasteiger partial charge in [0.25, 0.3) is 5.91 Å². The van der Waals surface area contributed by atoms with Crippen LogP contribution in [0.25, 0.3) is 0 Å². The highest BCUT2D eigenvalue weighted by Gasteiger charge is 2.14. The largest absolute Gasteiger partial charge is 0.353 e. The summed E-state index contributed by atoms with van der Waals surface area (Å²) in [5, 5.41) is 9.15. The molecule has 0 saturated carbocycles. The number of hydrogen-bond donors (Lipinski definition) is 3. The van der Waals surface area contributed by atoms with Gasteiger partial charge in [-0.2, -0.15) is 0 Å². The molecule has 0 spiro atoms. The molecule has 5 nitrogen and oxygen atoms in total. The van der Waals surface area contributed by atoms with Gasteiger partial charge in [0, 0.05) is 24.6 Å². The number of hydrogen-bond acceptors (Lipinski definition) is 3. The fraction of sp³-hybridized carbons (Fsp3) is 0.500. The van der Waals surface area contributed by atoms with Gasteiger partial charge >= 0.3 is 0 Å². The van der Waals surface area contributed by atoms with Gasteiger partial charge in [0.1, 0.15) is 0 Å². The molecule has 0 aliphatic carbocycles. The number of piperidine rings is 1. The first kappa shape index (κ1) is 18.5. The lowest BCUT2D eigenvalue weighted by atomic mass is 10.1. The van der Waals surface area contributed by atoms with E-state index >= 15 is 0 Å². The molecule has 1 heterocycles. The van der Waals surface area contributed by atoms with E-state index < -0.39 is 0 Å². The molecule has 1 aliphatic heterocycles. The summed E-state index contributed by atoms with van der Waals surface area (Å²) in [6.07, 6.45) is 3.11. The molecule has 122 valence electrons. The predicted molar refractivity (Wildman–Crippen MR) is 89.3 cm³/mol. The van der Waals surface area contributed by atoms with Gasteiger partial charge in [-0.05, 0) is 44.5 Å². The number of rotatable bonds is 6. The predicted octanol–water partition coefficient (Wildman–Crippen LogP) is 1.49. The summed E-state index contributed by atoms with van der Waals surface area (Å²) in [5.41, 5.74) is 0.650. The maximum absolute atomic E-state index is 11.8. The highest BCUT2D eigenvalue weighted by molar-refractivity contribution is 5.94. The molecule has 1 aliphatic rings. The van der Waals surface area contributed by atoms with Crippen LogP contribution in [0.3, 0.4) is 0 Å². The van der Waals surface area contributed by atoms with Crippen LogP contribution in [0.4, 0.5) is 0 Å². The second kappa shape index (κ2) is 10.2. The minimum Gasteiger partial charge on any atom is -0.353 e. The topological polar surface area (TPSA) is 70.2 Å². The Morgan fingerprint density at radius 1 is 1.14 bits per heavy atom. The first-order valence-corrected chi connectivity index (χ1v) is 7.59. The molecule has 6 heteroatoms. The minimum absolute atomic E-state index is 0. The number of benzene rings is 1. The molecule has 0 bridgehead atoms. The Kier molecular flexibility index (Phi) is 8.55. The minimum atomic E-state index is -0.0886. The Hall–Kier alpha value is -1.59. The SMILES string of the molecule is Cl.O=C(CCCNC(=O)c1ccccc1)NC1CCNCC1. The van der Waals surface area contributed by atoms with Crippen molar-refractivity contribution in [3.63, 3.8) is 0 Å². The highest BCUT2D eigenvalue weighted by atomic mass is 35.5. The lowest BCUT2D eigenvalue weighted by molar-refractivity contribution is -0.122. The van der Waals surface area contributed by atoms with Crippen molar-refractivity contribution in [3.05, 3.63) is 35.9 Å². The van der Waals surface area contributed by atoms with Gasteiger partial charge in [0.05, 0.1) is 0 Å². The molecule has 3 N–H and O–H groups in total. The average molecular weight is 326 g/mol. The van der Waals surface area contributed by atoms with E-state index in [9.17, 15) is 9.59 Å². The van der Waals surface area contributed by atoms with Crippen molar-refractivity contribution in [1.82, 2.24) is 16.0 Å². The number of amides is 2. The van der Waals surface area contributed by atoms with Gasteiger partial charge in [-0.1, -0.05) is 18.2 Å². The van der Waals surface area contributed by atoms with E-state index in [1.54, 1.807) is 12.1 Å². The second-order valence-electron chi connectivity index (χ2n) is 5.32. The van der Waals surface area contributed by atoms with Crippen molar-refractivity contribution in [2.45, 2.75) is 31.7 Å². The molecule has 1 saturated heterocycles. The third kappa shape index (κ3) is 6.45. The Labute approximate surface area is 137 Å². The lowest BCUT2D eigenvalue weighted by Gasteiger charge is -2.23. The summed E-state index contributed by atoms with van der Waals surface area (Å²) in [5.74, 6) is -0.00905. The molecular weight excluding hydrogens is 302 g/mol. The normalized spacial score (nSPS) is 14.7. The Morgan fingerprint density at radius 2 is 1.82 bits per heavy atom. The Bertz CT molecular complexity index is 462. The van der Waals surface area contributed by atoms with Crippen LogP contribution in [0.5, 0.6) is 0 Å². The van der Waals surface area contributed by atoms with E-state index in [1.807, 2.05) is 18.2 Å². The van der Waals surface area contributed by atoms with Crippen LogP contribution < -0.4 is 16.0 Å². The van der Waals surface area contributed by atoms with Crippen LogP contribution in [0.1, 0.15) is 36.0 Å². The lowest BCUT2D eigenvalue weighted by Crippen LogP contribution is -2.42. The molecule has 1 aromatic carbocycles. The van der Waals surface area contributed by atoms with Crippen molar-refractivity contribution >= 4 is 24.2 Å². The van der Waals surface area contributed by atoms with Crippen molar-refractivity contribution < 1.29 is 9.59 Å². The van der Waals surface area contributed by atoms with E-state index in [0.717, 1.165) is 25.9 Å². The van der Waals surface area contributed by atoms with Crippen molar-refractivity contribution in [3.8, 4) is 0 Å². The molecule has 0 radical (unpaired) electrons. The number of carbonyl (C=O) groups is 2. The molecule has 1 fully saturated rings. The van der Waals surface area contributed by atoms with Crippen LogP contribution in [0, 0.1) is 0 Å². The van der Waals surface area contributed by atoms with E-state index in [1.165, 1.54) is 0 Å². The zero-order valence-electron chi connectivity index (χ0n) is 12.6. The average Bonchev–Trinajstić information content (AvgIpc) is 2.53. The van der Waals surface area contributed by atoms with E-state index in [-0.39, 0.29) is 24.2 Å². The number of halogens is 1.